The lowest BCUT2D eigenvalue weighted by molar-refractivity contribution is -0.129. The number of halogens is 2. The second-order valence-corrected chi connectivity index (χ2v) is 9.66. The molecule has 5 atom stereocenters. The molecule has 24 heavy (non-hydrogen) atoms. The second kappa shape index (κ2) is 7.03. The minimum atomic E-state index is -3.54. The van der Waals surface area contributed by atoms with Crippen LogP contribution in [-0.4, -0.2) is 62.3 Å². The molecule has 5 unspecified atom stereocenters. The number of likely N-dealkylation sites (N-methyl/N-ethyl adjacent to an activating group) is 1. The molecule has 0 bridgehead atoms. The fraction of sp³-hybridized carbons (Fsp3) is 0.929. The number of nitrogens with one attached hydrogen (secondary N) is 3. The zero-order valence-electron chi connectivity index (χ0n) is 13.5. The van der Waals surface area contributed by atoms with E-state index >= 15 is 0 Å². The highest BCUT2D eigenvalue weighted by Gasteiger charge is 2.45. The van der Waals surface area contributed by atoms with E-state index in [1.807, 2.05) is 7.05 Å². The number of sulfonamides is 1. The van der Waals surface area contributed by atoms with Gasteiger partial charge in [0.15, 0.2) is 0 Å². The van der Waals surface area contributed by atoms with Crippen molar-refractivity contribution in [3.8, 4) is 0 Å². The van der Waals surface area contributed by atoms with Gasteiger partial charge in [0.1, 0.15) is 6.17 Å². The van der Waals surface area contributed by atoms with E-state index in [2.05, 4.69) is 20.5 Å². The summed E-state index contributed by atoms with van der Waals surface area (Å²) >= 11 is 6.13. The molecule has 2 saturated carbocycles. The Bertz CT molecular complexity index is 589. The highest BCUT2D eigenvalue weighted by atomic mass is 35.5. The van der Waals surface area contributed by atoms with Crippen molar-refractivity contribution in [1.82, 2.24) is 20.5 Å². The first-order chi connectivity index (χ1) is 11.3. The summed E-state index contributed by atoms with van der Waals surface area (Å²) in [5.74, 6) is -1.51. The van der Waals surface area contributed by atoms with Crippen molar-refractivity contribution in [2.45, 2.75) is 48.5 Å². The van der Waals surface area contributed by atoms with E-state index < -0.39 is 38.6 Å². The van der Waals surface area contributed by atoms with Gasteiger partial charge in [-0.15, -0.1) is 16.4 Å². The maximum absolute atomic E-state index is 14.4. The van der Waals surface area contributed by atoms with Gasteiger partial charge in [0.2, 0.25) is 15.9 Å². The number of amides is 1. The lowest BCUT2D eigenvalue weighted by Gasteiger charge is -2.37. The molecule has 3 aliphatic rings. The van der Waals surface area contributed by atoms with Crippen molar-refractivity contribution in [3.05, 3.63) is 0 Å². The number of nitrogens with zero attached hydrogens (tertiary/aromatic N) is 1. The van der Waals surface area contributed by atoms with Gasteiger partial charge >= 0.3 is 0 Å². The summed E-state index contributed by atoms with van der Waals surface area (Å²) in [7, 11) is -1.56. The summed E-state index contributed by atoms with van der Waals surface area (Å²) in [5, 5.41) is 2.16. The molecule has 1 aliphatic heterocycles. The number of rotatable bonds is 5. The molecule has 3 rings (SSSR count). The third-order valence-electron chi connectivity index (χ3n) is 5.13. The Morgan fingerprint density at radius 3 is 2.62 bits per heavy atom. The van der Waals surface area contributed by atoms with Crippen molar-refractivity contribution in [2.24, 2.45) is 11.8 Å². The van der Waals surface area contributed by atoms with Crippen LogP contribution >= 0.6 is 11.6 Å². The van der Waals surface area contributed by atoms with Gasteiger partial charge < -0.3 is 0 Å². The highest BCUT2D eigenvalue weighted by Crippen LogP contribution is 2.37. The summed E-state index contributed by atoms with van der Waals surface area (Å²) in [6.45, 7) is 1.58. The van der Waals surface area contributed by atoms with E-state index in [0.29, 0.717) is 25.7 Å². The Hall–Kier alpha value is -0.480. The van der Waals surface area contributed by atoms with Gasteiger partial charge in [0, 0.05) is 19.3 Å². The molecule has 0 radical (unpaired) electrons. The third kappa shape index (κ3) is 4.01. The Labute approximate surface area is 146 Å². The molecular formula is C14H24ClFN4O3S. The Morgan fingerprint density at radius 2 is 2.04 bits per heavy atom. The molecule has 0 aromatic rings. The van der Waals surface area contributed by atoms with Crippen LogP contribution in [0, 0.1) is 11.8 Å². The van der Waals surface area contributed by atoms with E-state index in [1.165, 1.54) is 0 Å². The topological polar surface area (TPSA) is 90.5 Å². The molecule has 1 amide bonds. The lowest BCUT2D eigenvalue weighted by Crippen LogP contribution is -2.52. The number of carbonyl (C=O) groups is 1. The molecular weight excluding hydrogens is 359 g/mol. The predicted molar refractivity (Wildman–Crippen MR) is 88.4 cm³/mol. The SMILES string of the molecule is CN1CNC(C2CC(Cl)C(F)C(C(=O)NNS(=O)(=O)C3CC3)C2)C1. The molecule has 1 heterocycles. The van der Waals surface area contributed by atoms with E-state index in [4.69, 9.17) is 11.6 Å². The summed E-state index contributed by atoms with van der Waals surface area (Å²) in [6, 6.07) is 0.169. The largest absolute Gasteiger partial charge is 0.300 e. The molecule has 1 saturated heterocycles. The van der Waals surface area contributed by atoms with Crippen LogP contribution in [0.25, 0.3) is 0 Å². The summed E-state index contributed by atoms with van der Waals surface area (Å²) < 4.78 is 38.0. The molecule has 7 nitrogen and oxygen atoms in total. The first-order valence-corrected chi connectivity index (χ1v) is 10.3. The lowest BCUT2D eigenvalue weighted by atomic mass is 9.76. The van der Waals surface area contributed by atoms with Crippen LogP contribution in [0.1, 0.15) is 25.7 Å². The zero-order valence-corrected chi connectivity index (χ0v) is 15.1. The van der Waals surface area contributed by atoms with E-state index in [9.17, 15) is 17.6 Å². The van der Waals surface area contributed by atoms with Crippen molar-refractivity contribution < 1.29 is 17.6 Å². The Kier molecular flexibility index (Phi) is 5.36. The third-order valence-corrected chi connectivity index (χ3v) is 7.29. The molecule has 2 aliphatic carbocycles. The van der Waals surface area contributed by atoms with Crippen LogP contribution in [-0.2, 0) is 14.8 Å². The van der Waals surface area contributed by atoms with Gasteiger partial charge in [-0.05, 0) is 38.6 Å². The molecule has 3 fully saturated rings. The van der Waals surface area contributed by atoms with Crippen LogP contribution in [0.3, 0.4) is 0 Å². The van der Waals surface area contributed by atoms with Gasteiger partial charge in [-0.3, -0.25) is 20.4 Å². The normalized spacial score (nSPS) is 38.2. The van der Waals surface area contributed by atoms with Crippen molar-refractivity contribution >= 4 is 27.5 Å². The van der Waals surface area contributed by atoms with Gasteiger partial charge in [-0.25, -0.2) is 12.8 Å². The number of alkyl halides is 2. The van der Waals surface area contributed by atoms with Crippen LogP contribution in [0.4, 0.5) is 4.39 Å². The molecule has 0 aromatic carbocycles. The fourth-order valence-corrected chi connectivity index (χ4v) is 5.10. The molecule has 0 spiro atoms. The maximum atomic E-state index is 14.4. The van der Waals surface area contributed by atoms with E-state index in [-0.39, 0.29) is 12.0 Å². The molecule has 138 valence electrons. The fourth-order valence-electron chi connectivity index (χ4n) is 3.53. The quantitative estimate of drug-likeness (QED) is 0.457. The van der Waals surface area contributed by atoms with E-state index in [1.54, 1.807) is 0 Å². The summed E-state index contributed by atoms with van der Waals surface area (Å²) in [5.41, 5.74) is 2.18. The maximum Gasteiger partial charge on any atom is 0.241 e. The van der Waals surface area contributed by atoms with Crippen molar-refractivity contribution in [2.75, 3.05) is 20.3 Å². The first-order valence-electron chi connectivity index (χ1n) is 8.28. The average molecular weight is 383 g/mol. The number of hydrogen-bond acceptors (Lipinski definition) is 5. The minimum absolute atomic E-state index is 0.0836. The first kappa shape index (κ1) is 18.3. The van der Waals surface area contributed by atoms with Gasteiger partial charge in [-0.1, -0.05) is 0 Å². The number of hydrazine groups is 1. The van der Waals surface area contributed by atoms with Crippen LogP contribution in [0.2, 0.25) is 0 Å². The Morgan fingerprint density at radius 1 is 1.33 bits per heavy atom. The zero-order chi connectivity index (χ0) is 17.5. The van der Waals surface area contributed by atoms with Crippen LogP contribution in [0.15, 0.2) is 0 Å². The molecule has 10 heteroatoms. The van der Waals surface area contributed by atoms with Gasteiger partial charge in [0.05, 0.1) is 16.5 Å². The molecule has 0 aromatic heterocycles. The highest BCUT2D eigenvalue weighted by molar-refractivity contribution is 7.90. The Balaban J connectivity index is 1.60. The average Bonchev–Trinajstić information content (AvgIpc) is 3.30. The molecule has 3 N–H and O–H groups in total. The van der Waals surface area contributed by atoms with Gasteiger partial charge in [-0.2, -0.15) is 0 Å². The summed E-state index contributed by atoms with van der Waals surface area (Å²) in [4.78, 5) is 16.5. The van der Waals surface area contributed by atoms with Crippen LogP contribution < -0.4 is 15.6 Å². The second-order valence-electron chi connectivity index (χ2n) is 7.14. The van der Waals surface area contributed by atoms with Crippen molar-refractivity contribution in [1.29, 1.82) is 0 Å². The smallest absolute Gasteiger partial charge is 0.241 e. The van der Waals surface area contributed by atoms with Gasteiger partial charge in [0.25, 0.3) is 0 Å². The predicted octanol–water partition coefficient (Wildman–Crippen LogP) is -0.0678. The summed E-state index contributed by atoms with van der Waals surface area (Å²) in [6.07, 6.45) is 0.561. The number of hydrogen-bond donors (Lipinski definition) is 3. The van der Waals surface area contributed by atoms with Crippen LogP contribution in [0.5, 0.6) is 0 Å². The van der Waals surface area contributed by atoms with Crippen molar-refractivity contribution in [3.63, 3.8) is 0 Å². The van der Waals surface area contributed by atoms with E-state index in [0.717, 1.165) is 13.2 Å². The number of carbonyl (C=O) groups excluding carboxylic acids is 1. The monoisotopic (exact) mass is 382 g/mol. The standard InChI is InChI=1S/C14H24ClFN4O3S/c1-20-6-12(17-7-20)8-4-10(13(16)11(15)5-8)14(21)18-19-24(22,23)9-2-3-9/h8-13,17,19H,2-7H2,1H3,(H,18,21). The minimum Gasteiger partial charge on any atom is -0.300 e.